The number of hydrogen-bond acceptors (Lipinski definition) is 5. The summed E-state index contributed by atoms with van der Waals surface area (Å²) in [5.74, 6) is -0.929. The van der Waals surface area contributed by atoms with Gasteiger partial charge in [0.05, 0.1) is 24.9 Å². The third-order valence-corrected chi connectivity index (χ3v) is 6.28. The van der Waals surface area contributed by atoms with Crippen LogP contribution in [0.3, 0.4) is 0 Å². The fraction of sp³-hybridized carbons (Fsp3) is 0.250. The third-order valence-electron chi connectivity index (χ3n) is 6.28. The van der Waals surface area contributed by atoms with Crippen LogP contribution in [-0.2, 0) is 4.79 Å². The van der Waals surface area contributed by atoms with Gasteiger partial charge in [0, 0.05) is 24.9 Å². The van der Waals surface area contributed by atoms with Gasteiger partial charge in [0.1, 0.15) is 18.1 Å². The number of carbonyl (C=O) groups is 2. The fourth-order valence-corrected chi connectivity index (χ4v) is 4.79. The number of benzene rings is 2. The van der Waals surface area contributed by atoms with Gasteiger partial charge in [0.25, 0.3) is 5.91 Å². The number of aliphatic hydroxyl groups excluding tert-OH is 1. The summed E-state index contributed by atoms with van der Waals surface area (Å²) < 4.78 is 13.6. The first-order chi connectivity index (χ1) is 15.6. The summed E-state index contributed by atoms with van der Waals surface area (Å²) in [6.07, 6.45) is 4.32. The van der Waals surface area contributed by atoms with Gasteiger partial charge in [-0.05, 0) is 28.8 Å². The van der Waals surface area contributed by atoms with Crippen LogP contribution in [0, 0.1) is 5.82 Å². The van der Waals surface area contributed by atoms with Gasteiger partial charge in [-0.15, -0.1) is 0 Å². The first-order valence-electron chi connectivity index (χ1n) is 10.4. The number of rotatable bonds is 4. The molecule has 2 saturated heterocycles. The molecule has 8 heteroatoms. The molecular weight excluding hydrogens is 411 g/mol. The first-order valence-corrected chi connectivity index (χ1v) is 10.4. The van der Waals surface area contributed by atoms with E-state index in [-0.39, 0.29) is 54.5 Å². The first kappa shape index (κ1) is 20.3. The van der Waals surface area contributed by atoms with E-state index >= 15 is 0 Å². The zero-order valence-corrected chi connectivity index (χ0v) is 17.1. The molecule has 1 N–H and O–H groups in total. The third kappa shape index (κ3) is 3.42. The van der Waals surface area contributed by atoms with E-state index in [1.807, 2.05) is 30.3 Å². The van der Waals surface area contributed by atoms with E-state index in [2.05, 4.69) is 9.97 Å². The number of amides is 2. The Morgan fingerprint density at radius 2 is 1.94 bits per heavy atom. The maximum atomic E-state index is 13.6. The molecule has 162 valence electrons. The molecule has 2 amide bonds. The van der Waals surface area contributed by atoms with Crippen molar-refractivity contribution in [2.24, 2.45) is 0 Å². The van der Waals surface area contributed by atoms with Crippen molar-refractivity contribution in [3.8, 4) is 11.1 Å². The molecule has 0 unspecified atom stereocenters. The Morgan fingerprint density at radius 3 is 2.62 bits per heavy atom. The predicted octanol–water partition coefficient (Wildman–Crippen LogP) is 2.09. The summed E-state index contributed by atoms with van der Waals surface area (Å²) in [7, 11) is 0. The van der Waals surface area contributed by atoms with E-state index in [0.29, 0.717) is 6.54 Å². The van der Waals surface area contributed by atoms with Crippen molar-refractivity contribution in [3.05, 3.63) is 84.2 Å². The molecule has 0 spiro atoms. The average molecular weight is 432 g/mol. The number of piperazine rings is 1. The molecule has 1 aromatic heterocycles. The Balaban J connectivity index is 1.39. The molecule has 3 atom stereocenters. The largest absolute Gasteiger partial charge is 0.394 e. The highest BCUT2D eigenvalue weighted by Crippen LogP contribution is 2.43. The van der Waals surface area contributed by atoms with Crippen LogP contribution in [0.5, 0.6) is 0 Å². The lowest BCUT2D eigenvalue weighted by molar-refractivity contribution is -0.159. The minimum Gasteiger partial charge on any atom is -0.394 e. The molecule has 0 radical (unpaired) electrons. The van der Waals surface area contributed by atoms with E-state index in [9.17, 15) is 19.1 Å². The molecular formula is C24H21FN4O3. The normalized spacial score (nSPS) is 22.3. The second-order valence-corrected chi connectivity index (χ2v) is 8.05. The molecule has 3 heterocycles. The summed E-state index contributed by atoms with van der Waals surface area (Å²) in [6, 6.07) is 13.5. The molecule has 32 heavy (non-hydrogen) atoms. The Morgan fingerprint density at radius 1 is 1.12 bits per heavy atom. The average Bonchev–Trinajstić information content (AvgIpc) is 2.81. The summed E-state index contributed by atoms with van der Waals surface area (Å²) in [4.78, 5) is 36.7. The van der Waals surface area contributed by atoms with Crippen molar-refractivity contribution in [3.63, 3.8) is 0 Å². The van der Waals surface area contributed by atoms with Crippen molar-refractivity contribution in [1.29, 1.82) is 0 Å². The molecule has 5 rings (SSSR count). The highest BCUT2D eigenvalue weighted by Gasteiger charge is 2.54. The lowest BCUT2D eigenvalue weighted by Gasteiger charge is -2.58. The van der Waals surface area contributed by atoms with Gasteiger partial charge >= 0.3 is 0 Å². The predicted molar refractivity (Wildman–Crippen MR) is 114 cm³/mol. The summed E-state index contributed by atoms with van der Waals surface area (Å²) >= 11 is 0. The quantitative estimate of drug-likeness (QED) is 0.682. The number of aliphatic hydroxyl groups is 1. The second kappa shape index (κ2) is 8.12. The number of aromatic nitrogens is 2. The fourth-order valence-electron chi connectivity index (χ4n) is 4.79. The molecule has 0 aliphatic carbocycles. The molecule has 0 saturated carbocycles. The smallest absolute Gasteiger partial charge is 0.274 e. The molecule has 2 fully saturated rings. The number of carbonyl (C=O) groups excluding carboxylic acids is 2. The van der Waals surface area contributed by atoms with Gasteiger partial charge in [-0.2, -0.15) is 0 Å². The monoisotopic (exact) mass is 432 g/mol. The van der Waals surface area contributed by atoms with Crippen molar-refractivity contribution < 1.29 is 19.1 Å². The highest BCUT2D eigenvalue weighted by atomic mass is 19.1. The molecule has 0 bridgehead atoms. The Kier molecular flexibility index (Phi) is 5.14. The van der Waals surface area contributed by atoms with Crippen molar-refractivity contribution in [2.75, 3.05) is 19.7 Å². The van der Waals surface area contributed by atoms with Gasteiger partial charge < -0.3 is 14.9 Å². The van der Waals surface area contributed by atoms with Crippen LogP contribution >= 0.6 is 0 Å². The van der Waals surface area contributed by atoms with Crippen molar-refractivity contribution in [1.82, 2.24) is 19.8 Å². The number of nitrogens with zero attached hydrogens (tertiary/aromatic N) is 4. The second-order valence-electron chi connectivity index (χ2n) is 8.05. The van der Waals surface area contributed by atoms with E-state index in [4.69, 9.17) is 0 Å². The van der Waals surface area contributed by atoms with Crippen LogP contribution in [0.2, 0.25) is 0 Å². The minimum absolute atomic E-state index is 0.0480. The van der Waals surface area contributed by atoms with Crippen LogP contribution in [-0.4, -0.2) is 68.5 Å². The van der Waals surface area contributed by atoms with Gasteiger partial charge in [0.15, 0.2) is 0 Å². The molecule has 2 aliphatic rings. The van der Waals surface area contributed by atoms with Gasteiger partial charge in [-0.1, -0.05) is 36.4 Å². The van der Waals surface area contributed by atoms with Gasteiger partial charge in [-0.3, -0.25) is 14.6 Å². The number of fused-ring (bicyclic) bond motifs is 1. The van der Waals surface area contributed by atoms with Gasteiger partial charge in [0.2, 0.25) is 5.91 Å². The SMILES string of the molecule is O=C(c1cnccn1)N1CC(=O)N2[C@H](C1)[C@H](c1ccc(-c3cccc(F)c3)cc1)[C@@H]2CO. The highest BCUT2D eigenvalue weighted by molar-refractivity contribution is 5.96. The minimum atomic E-state index is -0.334. The topological polar surface area (TPSA) is 86.6 Å². The Hall–Kier alpha value is -3.65. The number of halogens is 1. The zero-order valence-electron chi connectivity index (χ0n) is 17.1. The summed E-state index contributed by atoms with van der Waals surface area (Å²) in [5.41, 5.74) is 2.82. The van der Waals surface area contributed by atoms with Crippen LogP contribution in [0.1, 0.15) is 22.0 Å². The Bertz CT molecular complexity index is 1160. The van der Waals surface area contributed by atoms with Crippen molar-refractivity contribution in [2.45, 2.75) is 18.0 Å². The summed E-state index contributed by atoms with van der Waals surface area (Å²) in [6.45, 7) is 0.151. The van der Waals surface area contributed by atoms with E-state index in [1.165, 1.54) is 35.6 Å². The maximum absolute atomic E-state index is 13.6. The van der Waals surface area contributed by atoms with E-state index < -0.39 is 0 Å². The van der Waals surface area contributed by atoms with Crippen molar-refractivity contribution >= 4 is 11.8 Å². The van der Waals surface area contributed by atoms with Crippen LogP contribution in [0.25, 0.3) is 11.1 Å². The molecule has 3 aromatic rings. The summed E-state index contributed by atoms with van der Waals surface area (Å²) in [5, 5.41) is 9.96. The lowest BCUT2D eigenvalue weighted by atomic mass is 9.73. The number of hydrogen-bond donors (Lipinski definition) is 1. The molecule has 2 aromatic carbocycles. The maximum Gasteiger partial charge on any atom is 0.274 e. The zero-order chi connectivity index (χ0) is 22.2. The molecule has 7 nitrogen and oxygen atoms in total. The van der Waals surface area contributed by atoms with E-state index in [1.54, 1.807) is 11.0 Å². The Labute approximate surface area is 184 Å². The van der Waals surface area contributed by atoms with Crippen LogP contribution in [0.4, 0.5) is 4.39 Å². The lowest BCUT2D eigenvalue weighted by Crippen LogP contribution is -2.73. The molecule has 2 aliphatic heterocycles. The van der Waals surface area contributed by atoms with Crippen LogP contribution in [0.15, 0.2) is 67.1 Å². The van der Waals surface area contributed by atoms with Crippen LogP contribution < -0.4 is 0 Å². The standard InChI is InChI=1S/C24H21FN4O3/c25-18-3-1-2-17(10-18)15-4-6-16(7-5-15)23-20-12-28(13-22(31)29(20)21(23)14-30)24(32)19-11-26-8-9-27-19/h1-11,20-21,23,30H,12-14H2/t20-,21+,23+/m1/s1. The van der Waals surface area contributed by atoms with Gasteiger partial charge in [-0.25, -0.2) is 9.37 Å². The van der Waals surface area contributed by atoms with E-state index in [0.717, 1.165) is 16.7 Å².